The Hall–Kier alpha value is -0.740. The average Bonchev–Trinajstić information content (AvgIpc) is 2.40. The van der Waals surface area contributed by atoms with Gasteiger partial charge in [0.2, 0.25) is 10.0 Å². The molecular weight excluding hydrogens is 270 g/mol. The number of benzene rings is 1. The molecule has 0 aromatic heterocycles. The predicted molar refractivity (Wildman–Crippen MR) is 75.4 cm³/mol. The van der Waals surface area contributed by atoms with E-state index in [4.69, 9.17) is 11.6 Å². The number of alkyl halides is 1. The van der Waals surface area contributed by atoms with Gasteiger partial charge in [-0.1, -0.05) is 31.4 Å². The first-order valence-corrected chi connectivity index (χ1v) is 8.36. The largest absolute Gasteiger partial charge is 0.283 e. The van der Waals surface area contributed by atoms with Gasteiger partial charge >= 0.3 is 0 Å². The number of hydrogen-bond donors (Lipinski definition) is 1. The Morgan fingerprint density at radius 1 is 1.11 bits per heavy atom. The lowest BCUT2D eigenvalue weighted by Crippen LogP contribution is -2.29. The van der Waals surface area contributed by atoms with Crippen LogP contribution in [0.4, 0.5) is 5.69 Å². The molecule has 5 heteroatoms. The molecule has 0 heterocycles. The Balaban J connectivity index is 2.06. The summed E-state index contributed by atoms with van der Waals surface area (Å²) >= 11 is 5.70. The molecule has 0 atom stereocenters. The minimum absolute atomic E-state index is 0.237. The van der Waals surface area contributed by atoms with Crippen LogP contribution in [0.15, 0.2) is 24.3 Å². The van der Waals surface area contributed by atoms with Gasteiger partial charge in [0, 0.05) is 11.6 Å². The summed E-state index contributed by atoms with van der Waals surface area (Å²) in [4.78, 5) is 0. The lowest BCUT2D eigenvalue weighted by Gasteiger charge is -2.22. The van der Waals surface area contributed by atoms with Crippen molar-refractivity contribution in [2.75, 3.05) is 4.72 Å². The van der Waals surface area contributed by atoms with Crippen LogP contribution in [0.2, 0.25) is 0 Å². The molecule has 1 aliphatic rings. The fourth-order valence-electron chi connectivity index (χ4n) is 2.28. The van der Waals surface area contributed by atoms with Crippen LogP contribution in [0.1, 0.15) is 37.7 Å². The van der Waals surface area contributed by atoms with Gasteiger partial charge in [0.25, 0.3) is 0 Å². The molecule has 18 heavy (non-hydrogen) atoms. The van der Waals surface area contributed by atoms with Crippen molar-refractivity contribution in [3.63, 3.8) is 0 Å². The maximum Gasteiger partial charge on any atom is 0.235 e. The highest BCUT2D eigenvalue weighted by atomic mass is 35.5. The maximum absolute atomic E-state index is 12.2. The fourth-order valence-corrected chi connectivity index (χ4v) is 4.05. The van der Waals surface area contributed by atoms with E-state index in [1.165, 1.54) is 0 Å². The van der Waals surface area contributed by atoms with Gasteiger partial charge in [0.15, 0.2) is 0 Å². The first-order valence-electron chi connectivity index (χ1n) is 6.28. The van der Waals surface area contributed by atoms with E-state index in [2.05, 4.69) is 4.72 Å². The zero-order chi connectivity index (χ0) is 13.0. The third kappa shape index (κ3) is 3.39. The van der Waals surface area contributed by atoms with Gasteiger partial charge in [-0.05, 0) is 30.5 Å². The highest BCUT2D eigenvalue weighted by Gasteiger charge is 2.26. The van der Waals surface area contributed by atoms with Crippen LogP contribution in [0.3, 0.4) is 0 Å². The van der Waals surface area contributed by atoms with E-state index >= 15 is 0 Å². The van der Waals surface area contributed by atoms with Crippen LogP contribution in [-0.2, 0) is 15.9 Å². The van der Waals surface area contributed by atoms with Crippen molar-refractivity contribution >= 4 is 27.3 Å². The summed E-state index contributed by atoms with van der Waals surface area (Å²) in [6.45, 7) is 0. The van der Waals surface area contributed by atoms with E-state index in [9.17, 15) is 8.42 Å². The minimum atomic E-state index is -3.24. The second-order valence-corrected chi connectivity index (χ2v) is 6.97. The summed E-state index contributed by atoms with van der Waals surface area (Å²) in [5.74, 6) is 0.440. The molecule has 2 rings (SSSR count). The quantitative estimate of drug-likeness (QED) is 0.862. The van der Waals surface area contributed by atoms with E-state index in [-0.39, 0.29) is 5.25 Å². The van der Waals surface area contributed by atoms with Crippen molar-refractivity contribution in [1.29, 1.82) is 0 Å². The number of sulfonamides is 1. The van der Waals surface area contributed by atoms with Gasteiger partial charge in [0.1, 0.15) is 0 Å². The normalized spacial score (nSPS) is 17.6. The van der Waals surface area contributed by atoms with Crippen LogP contribution >= 0.6 is 11.6 Å². The topological polar surface area (TPSA) is 46.2 Å². The Labute approximate surface area is 114 Å². The van der Waals surface area contributed by atoms with Crippen LogP contribution in [0.5, 0.6) is 0 Å². The second-order valence-electron chi connectivity index (χ2n) is 4.74. The molecule has 0 aliphatic heterocycles. The summed E-state index contributed by atoms with van der Waals surface area (Å²) in [5, 5.41) is -0.237. The molecule has 3 nitrogen and oxygen atoms in total. The van der Waals surface area contributed by atoms with Crippen molar-refractivity contribution in [3.05, 3.63) is 29.8 Å². The fraction of sp³-hybridized carbons (Fsp3) is 0.538. The molecule has 0 spiro atoms. The van der Waals surface area contributed by atoms with Crippen molar-refractivity contribution in [1.82, 2.24) is 0 Å². The number of nitrogens with one attached hydrogen (secondary N) is 1. The van der Waals surface area contributed by atoms with E-state index in [1.54, 1.807) is 12.1 Å². The van der Waals surface area contributed by atoms with Crippen LogP contribution in [0, 0.1) is 0 Å². The molecule has 0 saturated heterocycles. The van der Waals surface area contributed by atoms with Crippen LogP contribution < -0.4 is 4.72 Å². The molecule has 100 valence electrons. The number of anilines is 1. The van der Waals surface area contributed by atoms with Gasteiger partial charge in [0.05, 0.1) is 5.25 Å². The Morgan fingerprint density at radius 2 is 1.72 bits per heavy atom. The first kappa shape index (κ1) is 13.7. The average molecular weight is 288 g/mol. The highest BCUT2D eigenvalue weighted by molar-refractivity contribution is 7.93. The third-order valence-corrected chi connectivity index (χ3v) is 5.54. The lowest BCUT2D eigenvalue weighted by atomic mass is 10.0. The second kappa shape index (κ2) is 5.93. The maximum atomic E-state index is 12.2. The summed E-state index contributed by atoms with van der Waals surface area (Å²) < 4.78 is 27.0. The molecule has 1 aliphatic carbocycles. The number of rotatable bonds is 4. The summed E-state index contributed by atoms with van der Waals surface area (Å²) in [6, 6.07) is 7.20. The van der Waals surface area contributed by atoms with E-state index in [0.29, 0.717) is 11.6 Å². The van der Waals surface area contributed by atoms with Crippen molar-refractivity contribution < 1.29 is 8.42 Å². The van der Waals surface area contributed by atoms with Gasteiger partial charge in [-0.25, -0.2) is 8.42 Å². The van der Waals surface area contributed by atoms with Crippen molar-refractivity contribution in [2.24, 2.45) is 0 Å². The zero-order valence-electron chi connectivity index (χ0n) is 10.2. The molecule has 0 radical (unpaired) electrons. The molecule has 0 amide bonds. The van der Waals surface area contributed by atoms with Gasteiger partial charge in [-0.15, -0.1) is 11.6 Å². The summed E-state index contributed by atoms with van der Waals surface area (Å²) in [7, 11) is -3.24. The molecule has 1 N–H and O–H groups in total. The smallest absolute Gasteiger partial charge is 0.235 e. The molecule has 1 aromatic carbocycles. The molecule has 0 bridgehead atoms. The molecule has 1 aromatic rings. The lowest BCUT2D eigenvalue weighted by molar-refractivity contribution is 0.486. The van der Waals surface area contributed by atoms with Crippen molar-refractivity contribution in [2.45, 2.75) is 43.2 Å². The number of halogens is 1. The summed E-state index contributed by atoms with van der Waals surface area (Å²) in [6.07, 6.45) is 4.72. The standard InChI is InChI=1S/C13H18ClNO2S/c14-10-11-6-8-12(9-7-11)15-18(16,17)13-4-2-1-3-5-13/h6-9,13,15H,1-5,10H2. The van der Waals surface area contributed by atoms with Crippen molar-refractivity contribution in [3.8, 4) is 0 Å². The number of hydrogen-bond acceptors (Lipinski definition) is 2. The SMILES string of the molecule is O=S(=O)(Nc1ccc(CCl)cc1)C1CCCCC1. The van der Waals surface area contributed by atoms with Crippen LogP contribution in [-0.4, -0.2) is 13.7 Å². The van der Waals surface area contributed by atoms with Gasteiger partial charge < -0.3 is 0 Å². The van der Waals surface area contributed by atoms with Gasteiger partial charge in [-0.2, -0.15) is 0 Å². The molecular formula is C13H18ClNO2S. The zero-order valence-corrected chi connectivity index (χ0v) is 11.8. The first-order chi connectivity index (χ1) is 8.62. The monoisotopic (exact) mass is 287 g/mol. The van der Waals surface area contributed by atoms with E-state index in [0.717, 1.165) is 37.7 Å². The Morgan fingerprint density at radius 3 is 2.28 bits per heavy atom. The predicted octanol–water partition coefficient (Wildman–Crippen LogP) is 3.50. The van der Waals surface area contributed by atoms with Gasteiger partial charge in [-0.3, -0.25) is 4.72 Å². The Kier molecular flexibility index (Phi) is 4.51. The van der Waals surface area contributed by atoms with E-state index in [1.807, 2.05) is 12.1 Å². The third-order valence-electron chi connectivity index (χ3n) is 3.36. The minimum Gasteiger partial charge on any atom is -0.283 e. The van der Waals surface area contributed by atoms with Crippen LogP contribution in [0.25, 0.3) is 0 Å². The summed E-state index contributed by atoms with van der Waals surface area (Å²) in [5.41, 5.74) is 1.60. The van der Waals surface area contributed by atoms with E-state index < -0.39 is 10.0 Å². The Bertz CT molecular complexity index is 478. The molecule has 1 fully saturated rings. The molecule has 0 unspecified atom stereocenters. The highest BCUT2D eigenvalue weighted by Crippen LogP contribution is 2.25. The molecule has 1 saturated carbocycles.